The number of hydrogen-bond acceptors (Lipinski definition) is 7. The van der Waals surface area contributed by atoms with E-state index in [2.05, 4.69) is 26.6 Å². The van der Waals surface area contributed by atoms with Gasteiger partial charge in [-0.15, -0.1) is 0 Å². The number of nitrogens with zero attached hydrogens (tertiary/aromatic N) is 2. The number of ether oxygens (including phenoxy) is 2. The van der Waals surface area contributed by atoms with Crippen molar-refractivity contribution in [3.05, 3.63) is 12.1 Å². The molecule has 0 saturated carbocycles. The highest BCUT2D eigenvalue weighted by atomic mass is 32.1. The van der Waals surface area contributed by atoms with Crippen LogP contribution in [0, 0.1) is 5.92 Å². The lowest BCUT2D eigenvalue weighted by Gasteiger charge is -2.29. The molecule has 1 aromatic carbocycles. The molecule has 0 unspecified atom stereocenters. The van der Waals surface area contributed by atoms with Gasteiger partial charge >= 0.3 is 0 Å². The van der Waals surface area contributed by atoms with E-state index in [1.54, 1.807) is 7.11 Å². The molecule has 3 heterocycles. The number of nitrogens with one attached hydrogen (secondary N) is 2. The SMILES string of the molecule is COc1ccc(N2CCOCC2)c2sc(NC(=O)C3CNC3)nc12. The molecule has 2 saturated heterocycles. The number of amides is 1. The Bertz CT molecular complexity index is 753. The van der Waals surface area contributed by atoms with Crippen LogP contribution in [-0.2, 0) is 9.53 Å². The molecule has 2 aliphatic heterocycles. The summed E-state index contributed by atoms with van der Waals surface area (Å²) in [6.45, 7) is 4.64. The molecule has 128 valence electrons. The summed E-state index contributed by atoms with van der Waals surface area (Å²) in [4.78, 5) is 19.1. The Hall–Kier alpha value is -1.90. The summed E-state index contributed by atoms with van der Waals surface area (Å²) in [5, 5.41) is 6.68. The molecule has 1 aromatic heterocycles. The standard InChI is InChI=1S/C16H20N4O3S/c1-22-12-3-2-11(20-4-6-23-7-5-20)14-13(12)18-16(24-14)19-15(21)10-8-17-9-10/h2-3,10,17H,4-9H2,1H3,(H,18,19,21). The molecule has 1 amide bonds. The zero-order valence-corrected chi connectivity index (χ0v) is 14.3. The lowest BCUT2D eigenvalue weighted by atomic mass is 10.0. The zero-order chi connectivity index (χ0) is 16.5. The van der Waals surface area contributed by atoms with Crippen LogP contribution >= 0.6 is 11.3 Å². The van der Waals surface area contributed by atoms with Gasteiger partial charge in [-0.2, -0.15) is 0 Å². The molecule has 0 atom stereocenters. The average Bonchev–Trinajstić information content (AvgIpc) is 2.96. The van der Waals surface area contributed by atoms with Crippen LogP contribution in [0.4, 0.5) is 10.8 Å². The van der Waals surface area contributed by atoms with Gasteiger partial charge in [0, 0.05) is 26.2 Å². The summed E-state index contributed by atoms with van der Waals surface area (Å²) in [5.74, 6) is 0.793. The van der Waals surface area contributed by atoms with E-state index in [0.29, 0.717) is 5.13 Å². The van der Waals surface area contributed by atoms with Crippen molar-refractivity contribution >= 4 is 38.3 Å². The van der Waals surface area contributed by atoms with Crippen LogP contribution in [0.1, 0.15) is 0 Å². The molecule has 2 aromatic rings. The normalized spacial score (nSPS) is 18.5. The highest BCUT2D eigenvalue weighted by Gasteiger charge is 2.26. The Balaban J connectivity index is 1.68. The maximum atomic E-state index is 12.2. The number of morpholine rings is 1. The van der Waals surface area contributed by atoms with Crippen molar-refractivity contribution < 1.29 is 14.3 Å². The second kappa shape index (κ2) is 6.54. The molecular weight excluding hydrogens is 328 g/mol. The first kappa shape index (κ1) is 15.6. The highest BCUT2D eigenvalue weighted by molar-refractivity contribution is 7.23. The molecule has 0 spiro atoms. The van der Waals surface area contributed by atoms with E-state index >= 15 is 0 Å². The smallest absolute Gasteiger partial charge is 0.231 e. The van der Waals surface area contributed by atoms with Crippen molar-refractivity contribution in [1.82, 2.24) is 10.3 Å². The number of carbonyl (C=O) groups excluding carboxylic acids is 1. The molecule has 2 fully saturated rings. The quantitative estimate of drug-likeness (QED) is 0.867. The van der Waals surface area contributed by atoms with Crippen LogP contribution in [0.15, 0.2) is 12.1 Å². The second-order valence-electron chi connectivity index (χ2n) is 5.93. The van der Waals surface area contributed by atoms with Gasteiger partial charge in [0.05, 0.1) is 36.6 Å². The number of rotatable bonds is 4. The number of anilines is 2. The van der Waals surface area contributed by atoms with E-state index in [4.69, 9.17) is 9.47 Å². The van der Waals surface area contributed by atoms with Gasteiger partial charge in [-0.25, -0.2) is 4.98 Å². The Morgan fingerprint density at radius 1 is 1.42 bits per heavy atom. The lowest BCUT2D eigenvalue weighted by molar-refractivity contribution is -0.121. The number of carbonyl (C=O) groups is 1. The molecule has 24 heavy (non-hydrogen) atoms. The minimum absolute atomic E-state index is 0.0275. The third-order valence-corrected chi connectivity index (χ3v) is 5.43. The monoisotopic (exact) mass is 348 g/mol. The number of methoxy groups -OCH3 is 1. The largest absolute Gasteiger partial charge is 0.494 e. The summed E-state index contributed by atoms with van der Waals surface area (Å²) in [7, 11) is 1.64. The Morgan fingerprint density at radius 3 is 2.88 bits per heavy atom. The summed E-state index contributed by atoms with van der Waals surface area (Å²) < 4.78 is 11.9. The zero-order valence-electron chi connectivity index (χ0n) is 13.5. The van der Waals surface area contributed by atoms with Gasteiger partial charge in [0.1, 0.15) is 11.3 Å². The highest BCUT2D eigenvalue weighted by Crippen LogP contribution is 2.39. The van der Waals surface area contributed by atoms with Crippen molar-refractivity contribution in [2.75, 3.05) is 56.7 Å². The van der Waals surface area contributed by atoms with Crippen LogP contribution < -0.4 is 20.3 Å². The van der Waals surface area contributed by atoms with Crippen LogP contribution in [0.3, 0.4) is 0 Å². The maximum Gasteiger partial charge on any atom is 0.231 e. The molecular formula is C16H20N4O3S. The van der Waals surface area contributed by atoms with Crippen LogP contribution in [0.25, 0.3) is 10.2 Å². The number of thiazole rings is 1. The third-order valence-electron chi connectivity index (χ3n) is 4.44. The Kier molecular flexibility index (Phi) is 4.26. The molecule has 7 nitrogen and oxygen atoms in total. The van der Waals surface area contributed by atoms with Crippen LogP contribution in [0.5, 0.6) is 5.75 Å². The predicted molar refractivity (Wildman–Crippen MR) is 94.2 cm³/mol. The topological polar surface area (TPSA) is 75.7 Å². The average molecular weight is 348 g/mol. The molecule has 0 radical (unpaired) electrons. The van der Waals surface area contributed by atoms with Gasteiger partial charge in [0.2, 0.25) is 5.91 Å². The van der Waals surface area contributed by atoms with Gasteiger partial charge in [-0.05, 0) is 12.1 Å². The molecule has 2 aliphatic rings. The van der Waals surface area contributed by atoms with Gasteiger partial charge in [-0.3, -0.25) is 4.79 Å². The predicted octanol–water partition coefficient (Wildman–Crippen LogP) is 1.30. The van der Waals surface area contributed by atoms with Crippen molar-refractivity contribution in [3.63, 3.8) is 0 Å². The van der Waals surface area contributed by atoms with Gasteiger partial charge in [0.15, 0.2) is 5.13 Å². The van der Waals surface area contributed by atoms with Crippen LogP contribution in [-0.4, -0.2) is 57.4 Å². The Labute approximate surface area is 143 Å². The summed E-state index contributed by atoms with van der Waals surface area (Å²) >= 11 is 1.50. The molecule has 0 aliphatic carbocycles. The maximum absolute atomic E-state index is 12.2. The molecule has 8 heteroatoms. The first-order valence-electron chi connectivity index (χ1n) is 8.08. The minimum Gasteiger partial charge on any atom is -0.494 e. The van der Waals surface area contributed by atoms with E-state index in [9.17, 15) is 4.79 Å². The number of fused-ring (bicyclic) bond motifs is 1. The summed E-state index contributed by atoms with van der Waals surface area (Å²) in [5.41, 5.74) is 1.92. The second-order valence-corrected chi connectivity index (χ2v) is 6.93. The van der Waals surface area contributed by atoms with Gasteiger partial charge < -0.3 is 25.0 Å². The van der Waals surface area contributed by atoms with Crippen molar-refractivity contribution in [2.45, 2.75) is 0 Å². The summed E-state index contributed by atoms with van der Waals surface area (Å²) in [6.07, 6.45) is 0. The van der Waals surface area contributed by atoms with E-state index in [1.807, 2.05) is 6.07 Å². The van der Waals surface area contributed by atoms with Gasteiger partial charge in [-0.1, -0.05) is 11.3 Å². The number of hydrogen-bond donors (Lipinski definition) is 2. The first-order valence-corrected chi connectivity index (χ1v) is 8.89. The summed E-state index contributed by atoms with van der Waals surface area (Å²) in [6, 6.07) is 4.00. The molecule has 2 N–H and O–H groups in total. The fourth-order valence-corrected chi connectivity index (χ4v) is 3.95. The van der Waals surface area contributed by atoms with Crippen LogP contribution in [0.2, 0.25) is 0 Å². The third kappa shape index (κ3) is 2.81. The van der Waals surface area contributed by atoms with E-state index in [1.165, 1.54) is 11.3 Å². The number of benzene rings is 1. The van der Waals surface area contributed by atoms with E-state index in [-0.39, 0.29) is 11.8 Å². The van der Waals surface area contributed by atoms with Gasteiger partial charge in [0.25, 0.3) is 0 Å². The fraction of sp³-hybridized carbons (Fsp3) is 0.500. The fourth-order valence-electron chi connectivity index (χ4n) is 2.92. The van der Waals surface area contributed by atoms with E-state index < -0.39 is 0 Å². The molecule has 0 bridgehead atoms. The molecule has 4 rings (SSSR count). The van der Waals surface area contributed by atoms with Crippen molar-refractivity contribution in [3.8, 4) is 5.75 Å². The van der Waals surface area contributed by atoms with E-state index in [0.717, 1.165) is 61.0 Å². The lowest BCUT2D eigenvalue weighted by Crippen LogP contribution is -2.48. The number of aromatic nitrogens is 1. The Morgan fingerprint density at radius 2 is 2.21 bits per heavy atom. The first-order chi connectivity index (χ1) is 11.8. The van der Waals surface area contributed by atoms with Crippen molar-refractivity contribution in [2.24, 2.45) is 5.92 Å². The minimum atomic E-state index is 0.0275. The van der Waals surface area contributed by atoms with Crippen molar-refractivity contribution in [1.29, 1.82) is 0 Å².